The van der Waals surface area contributed by atoms with Crippen molar-refractivity contribution in [3.8, 4) is 0 Å². The first-order chi connectivity index (χ1) is 9.34. The lowest BCUT2D eigenvalue weighted by Crippen LogP contribution is -2.17. The third-order valence-corrected chi connectivity index (χ3v) is 2.72. The number of carbonyl (C=O) groups excluding carboxylic acids is 1. The van der Waals surface area contributed by atoms with Crippen molar-refractivity contribution in [2.45, 2.75) is 39.2 Å². The second kappa shape index (κ2) is 9.15. The van der Waals surface area contributed by atoms with Gasteiger partial charge in [-0.05, 0) is 24.5 Å². The molecular formula is C17H22O2. The molecule has 2 heteroatoms. The third kappa shape index (κ3) is 6.05. The number of hydrogen-bond donors (Lipinski definition) is 0. The number of hydrogen-bond acceptors (Lipinski definition) is 2. The standard InChI is InChI=1S/C15H16O2.C2H6/c16-15(17-14-9-5-2-6-10-14)12-11-13-7-3-1-4-8-13;1-2/h1-5,7-8,11-12,14H,6,9-10H2;1-2H3/b12-11+;. The van der Waals surface area contributed by atoms with Crippen LogP contribution in [0.4, 0.5) is 0 Å². The van der Waals surface area contributed by atoms with Gasteiger partial charge in [-0.15, -0.1) is 0 Å². The fourth-order valence-electron chi connectivity index (χ4n) is 1.80. The van der Waals surface area contributed by atoms with E-state index in [-0.39, 0.29) is 12.1 Å². The zero-order chi connectivity index (χ0) is 13.9. The van der Waals surface area contributed by atoms with Crippen LogP contribution in [0.5, 0.6) is 0 Å². The van der Waals surface area contributed by atoms with Crippen molar-refractivity contribution >= 4 is 12.0 Å². The SMILES string of the molecule is CC.O=C(/C=C/c1ccccc1)OC1CC=CCC1. The molecule has 0 aliphatic heterocycles. The van der Waals surface area contributed by atoms with E-state index in [1.807, 2.05) is 44.2 Å². The molecule has 2 rings (SSSR count). The molecule has 102 valence electrons. The van der Waals surface area contributed by atoms with Crippen LogP contribution in [-0.4, -0.2) is 12.1 Å². The van der Waals surface area contributed by atoms with Crippen molar-refractivity contribution in [3.63, 3.8) is 0 Å². The summed E-state index contributed by atoms with van der Waals surface area (Å²) in [5, 5.41) is 0. The van der Waals surface area contributed by atoms with Crippen LogP contribution in [0.2, 0.25) is 0 Å². The second-order valence-electron chi connectivity index (χ2n) is 4.09. The van der Waals surface area contributed by atoms with E-state index in [0.717, 1.165) is 24.8 Å². The fraction of sp³-hybridized carbons (Fsp3) is 0.353. The summed E-state index contributed by atoms with van der Waals surface area (Å²) in [6, 6.07) is 9.73. The molecule has 19 heavy (non-hydrogen) atoms. The lowest BCUT2D eigenvalue weighted by molar-refractivity contribution is -0.143. The summed E-state index contributed by atoms with van der Waals surface area (Å²) in [5.74, 6) is -0.255. The molecule has 0 heterocycles. The van der Waals surface area contributed by atoms with Gasteiger partial charge in [0.1, 0.15) is 6.10 Å². The molecule has 2 nitrogen and oxygen atoms in total. The van der Waals surface area contributed by atoms with Gasteiger partial charge in [-0.2, -0.15) is 0 Å². The molecule has 1 aliphatic rings. The Balaban J connectivity index is 0.000000861. The molecule has 0 N–H and O–H groups in total. The van der Waals surface area contributed by atoms with Gasteiger partial charge in [-0.1, -0.05) is 56.3 Å². The summed E-state index contributed by atoms with van der Waals surface area (Å²) in [6.45, 7) is 4.00. The minimum Gasteiger partial charge on any atom is -0.459 e. The van der Waals surface area contributed by atoms with Crippen LogP contribution in [0.1, 0.15) is 38.7 Å². The summed E-state index contributed by atoms with van der Waals surface area (Å²) in [5.41, 5.74) is 1.01. The van der Waals surface area contributed by atoms with Crippen molar-refractivity contribution in [3.05, 3.63) is 54.1 Å². The van der Waals surface area contributed by atoms with E-state index in [1.165, 1.54) is 6.08 Å². The normalized spacial score (nSPS) is 17.7. The highest BCUT2D eigenvalue weighted by atomic mass is 16.5. The highest BCUT2D eigenvalue weighted by Gasteiger charge is 2.12. The van der Waals surface area contributed by atoms with Crippen LogP contribution in [0.15, 0.2) is 48.6 Å². The number of esters is 1. The highest BCUT2D eigenvalue weighted by molar-refractivity contribution is 5.87. The van der Waals surface area contributed by atoms with E-state index in [0.29, 0.717) is 0 Å². The first-order valence-electron chi connectivity index (χ1n) is 6.93. The molecular weight excluding hydrogens is 236 g/mol. The van der Waals surface area contributed by atoms with Gasteiger partial charge in [0.2, 0.25) is 0 Å². The van der Waals surface area contributed by atoms with Gasteiger partial charge in [0.25, 0.3) is 0 Å². The number of allylic oxidation sites excluding steroid dienone is 1. The monoisotopic (exact) mass is 258 g/mol. The zero-order valence-corrected chi connectivity index (χ0v) is 11.7. The molecule has 0 fully saturated rings. The van der Waals surface area contributed by atoms with Crippen molar-refractivity contribution in [1.29, 1.82) is 0 Å². The number of carbonyl (C=O) groups is 1. The maximum absolute atomic E-state index is 11.6. The summed E-state index contributed by atoms with van der Waals surface area (Å²) < 4.78 is 5.34. The number of benzene rings is 1. The Morgan fingerprint density at radius 3 is 2.58 bits per heavy atom. The molecule has 0 radical (unpaired) electrons. The van der Waals surface area contributed by atoms with Crippen molar-refractivity contribution in [2.24, 2.45) is 0 Å². The quantitative estimate of drug-likeness (QED) is 0.457. The van der Waals surface area contributed by atoms with Crippen LogP contribution in [0.25, 0.3) is 6.08 Å². The lowest BCUT2D eigenvalue weighted by atomic mass is 10.1. The molecule has 1 aliphatic carbocycles. The maximum atomic E-state index is 11.6. The summed E-state index contributed by atoms with van der Waals surface area (Å²) in [4.78, 5) is 11.6. The Morgan fingerprint density at radius 2 is 1.95 bits per heavy atom. The van der Waals surface area contributed by atoms with Crippen LogP contribution in [0, 0.1) is 0 Å². The van der Waals surface area contributed by atoms with E-state index in [1.54, 1.807) is 6.08 Å². The van der Waals surface area contributed by atoms with Crippen molar-refractivity contribution in [1.82, 2.24) is 0 Å². The molecule has 0 spiro atoms. The third-order valence-electron chi connectivity index (χ3n) is 2.72. The fourth-order valence-corrected chi connectivity index (χ4v) is 1.80. The largest absolute Gasteiger partial charge is 0.459 e. The van der Waals surface area contributed by atoms with Gasteiger partial charge in [-0.25, -0.2) is 4.79 Å². The maximum Gasteiger partial charge on any atom is 0.331 e. The van der Waals surface area contributed by atoms with Crippen molar-refractivity contribution in [2.75, 3.05) is 0 Å². The topological polar surface area (TPSA) is 26.3 Å². The first-order valence-corrected chi connectivity index (χ1v) is 6.93. The molecule has 0 amide bonds. The molecule has 1 unspecified atom stereocenters. The van der Waals surface area contributed by atoms with Crippen LogP contribution in [-0.2, 0) is 9.53 Å². The van der Waals surface area contributed by atoms with Crippen LogP contribution < -0.4 is 0 Å². The van der Waals surface area contributed by atoms with E-state index in [4.69, 9.17) is 4.74 Å². The molecule has 1 aromatic rings. The average Bonchev–Trinajstić information content (AvgIpc) is 2.49. The predicted octanol–water partition coefficient (Wildman–Crippen LogP) is 4.38. The minimum atomic E-state index is -0.255. The molecule has 0 saturated carbocycles. The van der Waals surface area contributed by atoms with Gasteiger partial charge >= 0.3 is 5.97 Å². The number of ether oxygens (including phenoxy) is 1. The Hall–Kier alpha value is -1.83. The minimum absolute atomic E-state index is 0.0490. The zero-order valence-electron chi connectivity index (χ0n) is 11.7. The molecule has 1 aromatic carbocycles. The predicted molar refractivity (Wildman–Crippen MR) is 79.7 cm³/mol. The Bertz CT molecular complexity index is 418. The Labute approximate surface area is 115 Å². The van der Waals surface area contributed by atoms with Gasteiger partial charge in [-0.3, -0.25) is 0 Å². The highest BCUT2D eigenvalue weighted by Crippen LogP contribution is 2.14. The lowest BCUT2D eigenvalue weighted by Gasteiger charge is -2.17. The van der Waals surface area contributed by atoms with E-state index in [2.05, 4.69) is 12.2 Å². The van der Waals surface area contributed by atoms with Crippen molar-refractivity contribution < 1.29 is 9.53 Å². The average molecular weight is 258 g/mol. The van der Waals surface area contributed by atoms with E-state index in [9.17, 15) is 4.79 Å². The Morgan fingerprint density at radius 1 is 1.21 bits per heavy atom. The first kappa shape index (κ1) is 15.2. The summed E-state index contributed by atoms with van der Waals surface area (Å²) in [6.07, 6.45) is 10.3. The molecule has 0 aromatic heterocycles. The van der Waals surface area contributed by atoms with Crippen LogP contribution >= 0.6 is 0 Å². The van der Waals surface area contributed by atoms with E-state index >= 15 is 0 Å². The molecule has 0 bridgehead atoms. The van der Waals surface area contributed by atoms with Crippen LogP contribution in [0.3, 0.4) is 0 Å². The Kier molecular flexibility index (Phi) is 7.33. The molecule has 0 saturated heterocycles. The number of rotatable bonds is 3. The van der Waals surface area contributed by atoms with Gasteiger partial charge in [0.05, 0.1) is 0 Å². The molecule has 1 atom stereocenters. The van der Waals surface area contributed by atoms with Gasteiger partial charge in [0, 0.05) is 12.5 Å². The van der Waals surface area contributed by atoms with Gasteiger partial charge < -0.3 is 4.74 Å². The smallest absolute Gasteiger partial charge is 0.331 e. The van der Waals surface area contributed by atoms with E-state index < -0.39 is 0 Å². The van der Waals surface area contributed by atoms with Gasteiger partial charge in [0.15, 0.2) is 0 Å². The second-order valence-corrected chi connectivity index (χ2v) is 4.09. The summed E-state index contributed by atoms with van der Waals surface area (Å²) >= 11 is 0. The summed E-state index contributed by atoms with van der Waals surface area (Å²) in [7, 11) is 0.